The standard InChI is InChI=1S/C15H21NO3S/c1-10(14(18)19-15(3,4)5)20-13-8-6-12(7-9-13)16-11(2)17/h6-10H,1-5H3,(H,16,17). The summed E-state index contributed by atoms with van der Waals surface area (Å²) in [6.45, 7) is 8.84. The molecular weight excluding hydrogens is 274 g/mol. The van der Waals surface area contributed by atoms with Crippen LogP contribution in [0.2, 0.25) is 0 Å². The van der Waals surface area contributed by atoms with Crippen LogP contribution in [0.25, 0.3) is 0 Å². The average Bonchev–Trinajstić information content (AvgIpc) is 2.28. The molecule has 0 heterocycles. The second-order valence-electron chi connectivity index (χ2n) is 5.50. The Morgan fingerprint density at radius 3 is 2.20 bits per heavy atom. The summed E-state index contributed by atoms with van der Waals surface area (Å²) in [6.07, 6.45) is 0. The van der Waals surface area contributed by atoms with E-state index in [2.05, 4.69) is 5.32 Å². The number of thioether (sulfide) groups is 1. The lowest BCUT2D eigenvalue weighted by atomic mass is 10.2. The molecule has 20 heavy (non-hydrogen) atoms. The molecular formula is C15H21NO3S. The molecule has 0 fully saturated rings. The van der Waals surface area contributed by atoms with Gasteiger partial charge < -0.3 is 10.1 Å². The van der Waals surface area contributed by atoms with Crippen molar-refractivity contribution in [3.05, 3.63) is 24.3 Å². The number of rotatable bonds is 4. The van der Waals surface area contributed by atoms with Gasteiger partial charge in [-0.25, -0.2) is 0 Å². The van der Waals surface area contributed by atoms with Crippen molar-refractivity contribution in [2.75, 3.05) is 5.32 Å². The second kappa shape index (κ2) is 6.79. The van der Waals surface area contributed by atoms with E-state index in [-0.39, 0.29) is 17.1 Å². The SMILES string of the molecule is CC(=O)Nc1ccc(SC(C)C(=O)OC(C)(C)C)cc1. The minimum atomic E-state index is -0.471. The van der Waals surface area contributed by atoms with Crippen LogP contribution >= 0.6 is 11.8 Å². The smallest absolute Gasteiger partial charge is 0.319 e. The highest BCUT2D eigenvalue weighted by Gasteiger charge is 2.22. The van der Waals surface area contributed by atoms with Crippen molar-refractivity contribution in [3.8, 4) is 0 Å². The Balaban J connectivity index is 2.60. The normalized spacial score (nSPS) is 12.7. The van der Waals surface area contributed by atoms with Crippen LogP contribution in [0.3, 0.4) is 0 Å². The van der Waals surface area contributed by atoms with Gasteiger partial charge in [0.15, 0.2) is 0 Å². The molecule has 110 valence electrons. The largest absolute Gasteiger partial charge is 0.459 e. The predicted molar refractivity (Wildman–Crippen MR) is 81.9 cm³/mol. The molecule has 1 aromatic rings. The van der Waals surface area contributed by atoms with Crippen molar-refractivity contribution in [2.24, 2.45) is 0 Å². The third kappa shape index (κ3) is 6.10. The number of esters is 1. The van der Waals surface area contributed by atoms with Crippen LogP contribution in [-0.4, -0.2) is 22.7 Å². The first-order valence-electron chi connectivity index (χ1n) is 6.44. The third-order valence-corrected chi connectivity index (χ3v) is 3.32. The van der Waals surface area contributed by atoms with Gasteiger partial charge in [0.25, 0.3) is 0 Å². The quantitative estimate of drug-likeness (QED) is 0.682. The van der Waals surface area contributed by atoms with Gasteiger partial charge in [-0.2, -0.15) is 0 Å². The van der Waals surface area contributed by atoms with Gasteiger partial charge in [0, 0.05) is 17.5 Å². The van der Waals surface area contributed by atoms with Crippen LogP contribution in [-0.2, 0) is 14.3 Å². The lowest BCUT2D eigenvalue weighted by Gasteiger charge is -2.22. The molecule has 1 N–H and O–H groups in total. The van der Waals surface area contributed by atoms with Gasteiger partial charge in [-0.05, 0) is 52.0 Å². The van der Waals surface area contributed by atoms with E-state index in [9.17, 15) is 9.59 Å². The summed E-state index contributed by atoms with van der Waals surface area (Å²) in [6, 6.07) is 7.37. The minimum absolute atomic E-state index is 0.104. The van der Waals surface area contributed by atoms with E-state index < -0.39 is 5.60 Å². The van der Waals surface area contributed by atoms with E-state index in [1.54, 1.807) is 0 Å². The summed E-state index contributed by atoms with van der Waals surface area (Å²) >= 11 is 1.43. The zero-order valence-corrected chi connectivity index (χ0v) is 13.3. The van der Waals surface area contributed by atoms with E-state index in [4.69, 9.17) is 4.74 Å². The fourth-order valence-corrected chi connectivity index (χ4v) is 2.30. The highest BCUT2D eigenvalue weighted by molar-refractivity contribution is 8.00. The molecule has 0 aliphatic rings. The molecule has 0 spiro atoms. The minimum Gasteiger partial charge on any atom is -0.459 e. The predicted octanol–water partition coefficient (Wildman–Crippen LogP) is 3.47. The van der Waals surface area contributed by atoms with Crippen molar-refractivity contribution in [1.82, 2.24) is 0 Å². The summed E-state index contributed by atoms with van der Waals surface area (Å²) in [5.41, 5.74) is 0.271. The Kier molecular flexibility index (Phi) is 5.62. The van der Waals surface area contributed by atoms with Gasteiger partial charge in [-0.1, -0.05) is 0 Å². The van der Waals surface area contributed by atoms with Crippen LogP contribution in [0, 0.1) is 0 Å². The molecule has 0 saturated carbocycles. The maximum atomic E-state index is 11.9. The van der Waals surface area contributed by atoms with Gasteiger partial charge >= 0.3 is 5.97 Å². The number of carbonyl (C=O) groups excluding carboxylic acids is 2. The zero-order chi connectivity index (χ0) is 15.3. The molecule has 1 amide bonds. The Hall–Kier alpha value is -1.49. The number of hydrogen-bond donors (Lipinski definition) is 1. The molecule has 5 heteroatoms. The summed E-state index contributed by atoms with van der Waals surface area (Å²) < 4.78 is 5.33. The van der Waals surface area contributed by atoms with Gasteiger partial charge in [0.2, 0.25) is 5.91 Å². The molecule has 1 aromatic carbocycles. The molecule has 1 rings (SSSR count). The van der Waals surface area contributed by atoms with Crippen LogP contribution < -0.4 is 5.32 Å². The summed E-state index contributed by atoms with van der Waals surface area (Å²) in [5, 5.41) is 2.42. The number of hydrogen-bond acceptors (Lipinski definition) is 4. The summed E-state index contributed by atoms with van der Waals surface area (Å²) in [7, 11) is 0. The number of nitrogens with one attached hydrogen (secondary N) is 1. The Labute approximate surface area is 124 Å². The molecule has 0 bridgehead atoms. The van der Waals surface area contributed by atoms with E-state index in [1.165, 1.54) is 18.7 Å². The van der Waals surface area contributed by atoms with Gasteiger partial charge in [-0.3, -0.25) is 9.59 Å². The Morgan fingerprint density at radius 2 is 1.75 bits per heavy atom. The molecule has 4 nitrogen and oxygen atoms in total. The van der Waals surface area contributed by atoms with Crippen LogP contribution in [0.1, 0.15) is 34.6 Å². The van der Waals surface area contributed by atoms with Crippen LogP contribution in [0.5, 0.6) is 0 Å². The highest BCUT2D eigenvalue weighted by Crippen LogP contribution is 2.26. The number of anilines is 1. The van der Waals surface area contributed by atoms with Gasteiger partial charge in [0.1, 0.15) is 10.9 Å². The number of benzene rings is 1. The second-order valence-corrected chi connectivity index (χ2v) is 6.91. The Bertz CT molecular complexity index is 477. The van der Waals surface area contributed by atoms with E-state index >= 15 is 0 Å². The molecule has 0 aliphatic carbocycles. The van der Waals surface area contributed by atoms with Crippen molar-refractivity contribution < 1.29 is 14.3 Å². The number of amides is 1. The van der Waals surface area contributed by atoms with Crippen LogP contribution in [0.15, 0.2) is 29.2 Å². The first kappa shape index (κ1) is 16.6. The first-order valence-corrected chi connectivity index (χ1v) is 7.32. The Morgan fingerprint density at radius 1 is 1.20 bits per heavy atom. The molecule has 0 radical (unpaired) electrons. The lowest BCUT2D eigenvalue weighted by Crippen LogP contribution is -2.28. The molecule has 0 saturated heterocycles. The van der Waals surface area contributed by atoms with Crippen LogP contribution in [0.4, 0.5) is 5.69 Å². The monoisotopic (exact) mass is 295 g/mol. The molecule has 0 aliphatic heterocycles. The lowest BCUT2D eigenvalue weighted by molar-refractivity contribution is -0.153. The third-order valence-electron chi connectivity index (χ3n) is 2.23. The summed E-state index contributed by atoms with van der Waals surface area (Å²) in [4.78, 5) is 23.8. The van der Waals surface area contributed by atoms with Crippen molar-refractivity contribution in [1.29, 1.82) is 0 Å². The van der Waals surface area contributed by atoms with Gasteiger partial charge in [0.05, 0.1) is 0 Å². The highest BCUT2D eigenvalue weighted by atomic mass is 32.2. The zero-order valence-electron chi connectivity index (χ0n) is 12.5. The van der Waals surface area contributed by atoms with E-state index in [1.807, 2.05) is 52.0 Å². The molecule has 1 atom stereocenters. The fourth-order valence-electron chi connectivity index (χ4n) is 1.46. The van der Waals surface area contributed by atoms with E-state index in [0.29, 0.717) is 0 Å². The average molecular weight is 295 g/mol. The summed E-state index contributed by atoms with van der Waals surface area (Å²) in [5.74, 6) is -0.332. The first-order chi connectivity index (χ1) is 9.17. The maximum absolute atomic E-state index is 11.9. The van der Waals surface area contributed by atoms with Gasteiger partial charge in [-0.15, -0.1) is 11.8 Å². The maximum Gasteiger partial charge on any atom is 0.319 e. The number of ether oxygens (including phenoxy) is 1. The number of carbonyl (C=O) groups is 2. The van der Waals surface area contributed by atoms with Crippen molar-refractivity contribution >= 4 is 29.3 Å². The molecule has 1 unspecified atom stereocenters. The van der Waals surface area contributed by atoms with Crippen molar-refractivity contribution in [2.45, 2.75) is 50.4 Å². The van der Waals surface area contributed by atoms with E-state index in [0.717, 1.165) is 10.6 Å². The topological polar surface area (TPSA) is 55.4 Å². The molecule has 0 aromatic heterocycles. The van der Waals surface area contributed by atoms with Crippen molar-refractivity contribution in [3.63, 3.8) is 0 Å². The fraction of sp³-hybridized carbons (Fsp3) is 0.467.